The molecule has 0 unspecified atom stereocenters. The highest BCUT2D eigenvalue weighted by atomic mass is 16.1. The number of carbonyl (C=O) groups excluding carboxylic acids is 1. The molecule has 2 heterocycles. The molecule has 0 spiro atoms. The van der Waals surface area contributed by atoms with Crippen molar-refractivity contribution in [2.45, 2.75) is 45.6 Å². The molecular formula is C23H24N6O. The predicted octanol–water partition coefficient (Wildman–Crippen LogP) is 4.85. The van der Waals surface area contributed by atoms with Crippen molar-refractivity contribution in [3.8, 4) is 17.3 Å². The molecule has 2 aromatic heterocycles. The fourth-order valence-electron chi connectivity index (χ4n) is 3.30. The van der Waals surface area contributed by atoms with Crippen molar-refractivity contribution < 1.29 is 4.79 Å². The number of hydrogen-bond donors (Lipinski definition) is 1. The zero-order valence-corrected chi connectivity index (χ0v) is 17.2. The molecule has 0 amide bonds. The monoisotopic (exact) mass is 400 g/mol. The smallest absolute Gasteiger partial charge is 0.227 e. The first-order valence-corrected chi connectivity index (χ1v) is 10.3. The Morgan fingerprint density at radius 2 is 2.07 bits per heavy atom. The van der Waals surface area contributed by atoms with Crippen LogP contribution in [-0.4, -0.2) is 25.5 Å². The first-order chi connectivity index (χ1) is 14.6. The second kappa shape index (κ2) is 8.46. The van der Waals surface area contributed by atoms with Gasteiger partial charge in [-0.25, -0.2) is 9.97 Å². The summed E-state index contributed by atoms with van der Waals surface area (Å²) in [5.74, 6) is 0.259. The van der Waals surface area contributed by atoms with E-state index in [4.69, 9.17) is 5.26 Å². The van der Waals surface area contributed by atoms with Gasteiger partial charge in [-0.1, -0.05) is 31.2 Å². The number of nitriles is 1. The SMILES string of the molecule is CC[C@@H](C#N)CC(=O)c1ccc(-c2nc(Nc3cnn(C4CC4)c3)ncc2C)cc1. The number of Topliss-reactive ketones (excluding diaryl/α,β-unsaturated/α-hetero) is 1. The van der Waals surface area contributed by atoms with Crippen molar-refractivity contribution in [1.82, 2.24) is 19.7 Å². The van der Waals surface area contributed by atoms with Gasteiger partial charge in [0.15, 0.2) is 5.78 Å². The van der Waals surface area contributed by atoms with Gasteiger partial charge in [0, 0.05) is 29.9 Å². The van der Waals surface area contributed by atoms with Gasteiger partial charge in [-0.3, -0.25) is 9.48 Å². The lowest BCUT2D eigenvalue weighted by Crippen LogP contribution is -2.06. The lowest BCUT2D eigenvalue weighted by molar-refractivity contribution is 0.0969. The summed E-state index contributed by atoms with van der Waals surface area (Å²) in [4.78, 5) is 21.5. The number of anilines is 2. The fraction of sp³-hybridized carbons (Fsp3) is 0.348. The lowest BCUT2D eigenvalue weighted by Gasteiger charge is -2.09. The van der Waals surface area contributed by atoms with Gasteiger partial charge < -0.3 is 5.32 Å². The van der Waals surface area contributed by atoms with Crippen molar-refractivity contribution in [1.29, 1.82) is 5.26 Å². The van der Waals surface area contributed by atoms with E-state index in [9.17, 15) is 4.79 Å². The van der Waals surface area contributed by atoms with Crippen molar-refractivity contribution in [2.75, 3.05) is 5.32 Å². The Balaban J connectivity index is 1.50. The number of hydrogen-bond acceptors (Lipinski definition) is 6. The molecule has 1 aliphatic carbocycles. The summed E-state index contributed by atoms with van der Waals surface area (Å²) >= 11 is 0. The topological polar surface area (TPSA) is 96.5 Å². The van der Waals surface area contributed by atoms with Crippen molar-refractivity contribution >= 4 is 17.4 Å². The Labute approximate surface area is 175 Å². The molecule has 4 rings (SSSR count). The number of benzene rings is 1. The van der Waals surface area contributed by atoms with Gasteiger partial charge in [-0.2, -0.15) is 10.4 Å². The van der Waals surface area contributed by atoms with E-state index < -0.39 is 0 Å². The van der Waals surface area contributed by atoms with E-state index in [2.05, 4.69) is 26.5 Å². The van der Waals surface area contributed by atoms with Gasteiger partial charge in [0.2, 0.25) is 5.95 Å². The number of carbonyl (C=O) groups is 1. The average Bonchev–Trinajstić information content (AvgIpc) is 3.52. The van der Waals surface area contributed by atoms with Crippen LogP contribution in [0, 0.1) is 24.2 Å². The Bertz CT molecular complexity index is 1090. The summed E-state index contributed by atoms with van der Waals surface area (Å²) in [6, 6.07) is 10.1. The molecule has 0 aliphatic heterocycles. The summed E-state index contributed by atoms with van der Waals surface area (Å²) in [5, 5.41) is 16.7. The Morgan fingerprint density at radius 1 is 1.30 bits per heavy atom. The molecule has 0 bridgehead atoms. The molecule has 7 nitrogen and oxygen atoms in total. The Hall–Kier alpha value is -3.53. The van der Waals surface area contributed by atoms with E-state index in [0.29, 0.717) is 24.0 Å². The highest BCUT2D eigenvalue weighted by molar-refractivity contribution is 5.96. The minimum atomic E-state index is -0.237. The molecule has 1 saturated carbocycles. The lowest BCUT2D eigenvalue weighted by atomic mass is 9.96. The molecule has 7 heteroatoms. The molecule has 1 fully saturated rings. The van der Waals surface area contributed by atoms with Gasteiger partial charge in [0.1, 0.15) is 0 Å². The van der Waals surface area contributed by atoms with Crippen LogP contribution in [0.5, 0.6) is 0 Å². The van der Waals surface area contributed by atoms with Crippen LogP contribution in [-0.2, 0) is 0 Å². The maximum atomic E-state index is 12.4. The van der Waals surface area contributed by atoms with E-state index in [1.54, 1.807) is 24.5 Å². The summed E-state index contributed by atoms with van der Waals surface area (Å²) in [6.07, 6.45) is 8.84. The zero-order chi connectivity index (χ0) is 21.1. The standard InChI is InChI=1S/C23H24N6O/c1-3-16(11-24)10-21(30)17-4-6-18(7-5-17)22-15(2)12-25-23(28-22)27-19-13-26-29(14-19)20-8-9-20/h4-7,12-14,16,20H,3,8-10H2,1-2H3,(H,25,27,28)/t16-/m1/s1. The molecule has 152 valence electrons. The minimum Gasteiger partial charge on any atom is -0.321 e. The summed E-state index contributed by atoms with van der Waals surface area (Å²) < 4.78 is 1.97. The number of aromatic nitrogens is 4. The molecule has 0 saturated heterocycles. The third-order valence-electron chi connectivity index (χ3n) is 5.34. The minimum absolute atomic E-state index is 0.00982. The van der Waals surface area contributed by atoms with Crippen LogP contribution in [0.25, 0.3) is 11.3 Å². The van der Waals surface area contributed by atoms with Crippen LogP contribution in [0.15, 0.2) is 42.9 Å². The predicted molar refractivity (Wildman–Crippen MR) is 114 cm³/mol. The zero-order valence-electron chi connectivity index (χ0n) is 17.2. The fourth-order valence-corrected chi connectivity index (χ4v) is 3.30. The molecule has 1 aliphatic rings. The Kier molecular flexibility index (Phi) is 5.57. The Morgan fingerprint density at radius 3 is 2.73 bits per heavy atom. The molecule has 1 N–H and O–H groups in total. The maximum Gasteiger partial charge on any atom is 0.227 e. The van der Waals surface area contributed by atoms with Gasteiger partial charge in [-0.15, -0.1) is 0 Å². The van der Waals surface area contributed by atoms with Gasteiger partial charge in [-0.05, 0) is 31.7 Å². The van der Waals surface area contributed by atoms with Crippen molar-refractivity contribution in [3.63, 3.8) is 0 Å². The molecule has 1 aromatic carbocycles. The highest BCUT2D eigenvalue weighted by Crippen LogP contribution is 2.34. The number of rotatable bonds is 8. The molecule has 3 aromatic rings. The molecule has 30 heavy (non-hydrogen) atoms. The van der Waals surface area contributed by atoms with Crippen LogP contribution in [0.1, 0.15) is 54.6 Å². The highest BCUT2D eigenvalue weighted by Gasteiger charge is 2.24. The van der Waals surface area contributed by atoms with E-state index in [-0.39, 0.29) is 18.1 Å². The van der Waals surface area contributed by atoms with Crippen molar-refractivity contribution in [2.24, 2.45) is 5.92 Å². The third kappa shape index (κ3) is 4.38. The second-order valence-electron chi connectivity index (χ2n) is 7.73. The van der Waals surface area contributed by atoms with Crippen LogP contribution in [0.3, 0.4) is 0 Å². The van der Waals surface area contributed by atoms with Crippen LogP contribution in [0.4, 0.5) is 11.6 Å². The van der Waals surface area contributed by atoms with Crippen LogP contribution < -0.4 is 5.32 Å². The molecule has 1 atom stereocenters. The van der Waals surface area contributed by atoms with E-state index in [1.807, 2.05) is 36.9 Å². The first-order valence-electron chi connectivity index (χ1n) is 10.3. The van der Waals surface area contributed by atoms with Crippen LogP contribution in [0.2, 0.25) is 0 Å². The maximum absolute atomic E-state index is 12.4. The first kappa shape index (κ1) is 19.8. The van der Waals surface area contributed by atoms with E-state index >= 15 is 0 Å². The van der Waals surface area contributed by atoms with Gasteiger partial charge in [0.25, 0.3) is 0 Å². The van der Waals surface area contributed by atoms with Crippen LogP contribution >= 0.6 is 0 Å². The number of ketones is 1. The summed E-state index contributed by atoms with van der Waals surface area (Å²) in [6.45, 7) is 3.88. The summed E-state index contributed by atoms with van der Waals surface area (Å²) in [5.41, 5.74) is 4.15. The van der Waals surface area contributed by atoms with Crippen molar-refractivity contribution in [3.05, 3.63) is 54.0 Å². The van der Waals surface area contributed by atoms with E-state index in [1.165, 1.54) is 12.8 Å². The number of nitrogens with one attached hydrogen (secondary N) is 1. The quantitative estimate of drug-likeness (QED) is 0.543. The number of aryl methyl sites for hydroxylation is 1. The van der Waals surface area contributed by atoms with Gasteiger partial charge in [0.05, 0.1) is 35.6 Å². The average molecular weight is 400 g/mol. The largest absolute Gasteiger partial charge is 0.321 e. The summed E-state index contributed by atoms with van der Waals surface area (Å²) in [7, 11) is 0. The normalized spacial score (nSPS) is 14.2. The third-order valence-corrected chi connectivity index (χ3v) is 5.34. The number of nitrogens with zero attached hydrogens (tertiary/aromatic N) is 5. The molecular weight excluding hydrogens is 376 g/mol. The van der Waals surface area contributed by atoms with Gasteiger partial charge >= 0.3 is 0 Å². The second-order valence-corrected chi connectivity index (χ2v) is 7.73. The molecule has 0 radical (unpaired) electrons. The van der Waals surface area contributed by atoms with E-state index in [0.717, 1.165) is 22.5 Å².